The third-order valence-corrected chi connectivity index (χ3v) is 4.95. The van der Waals surface area contributed by atoms with Gasteiger partial charge in [-0.15, -0.1) is 0 Å². The first-order chi connectivity index (χ1) is 14.4. The van der Waals surface area contributed by atoms with Crippen molar-refractivity contribution in [1.29, 1.82) is 0 Å². The third-order valence-electron chi connectivity index (χ3n) is 4.95. The number of hydrogen-bond acceptors (Lipinski definition) is 3. The second kappa shape index (κ2) is 7.68. The van der Waals surface area contributed by atoms with Crippen LogP contribution in [0.15, 0.2) is 89.5 Å². The summed E-state index contributed by atoms with van der Waals surface area (Å²) < 4.78 is 13.7. The van der Waals surface area contributed by atoms with Gasteiger partial charge in [-0.2, -0.15) is 0 Å². The van der Waals surface area contributed by atoms with Crippen LogP contribution in [-0.2, 0) is 6.54 Å². The molecule has 0 bridgehead atoms. The van der Waals surface area contributed by atoms with Crippen LogP contribution in [0.5, 0.6) is 5.75 Å². The second-order valence-electron chi connectivity index (χ2n) is 6.78. The Hall–Kier alpha value is -3.79. The topological polar surface area (TPSA) is 40.2 Å². The quantitative estimate of drug-likeness (QED) is 0.361. The van der Waals surface area contributed by atoms with Crippen LogP contribution in [0.4, 0.5) is 0 Å². The molecule has 0 unspecified atom stereocenters. The highest BCUT2D eigenvalue weighted by molar-refractivity contribution is 5.88. The summed E-state index contributed by atoms with van der Waals surface area (Å²) in [4.78, 5) is 4.77. The van der Waals surface area contributed by atoms with Gasteiger partial charge in [-0.25, -0.2) is 4.98 Å². The fraction of sp³-hybridized carbons (Fsp3) is 0.0800. The summed E-state index contributed by atoms with van der Waals surface area (Å²) in [6.45, 7) is 1.25. The first kappa shape index (κ1) is 17.3. The smallest absolute Gasteiger partial charge is 0.134 e. The molecule has 0 spiro atoms. The van der Waals surface area contributed by atoms with E-state index in [9.17, 15) is 0 Å². The van der Waals surface area contributed by atoms with Gasteiger partial charge >= 0.3 is 0 Å². The van der Waals surface area contributed by atoms with E-state index in [1.807, 2.05) is 66.7 Å². The minimum atomic E-state index is 0.552. The number of fused-ring (bicyclic) bond motifs is 2. The van der Waals surface area contributed by atoms with Gasteiger partial charge in [-0.05, 0) is 47.9 Å². The molecular formula is C25H20N2O2. The SMILES string of the molecule is C(=C\c1nc2ccccc2n1CCOc1cccc2ccccc12)/c1ccco1. The van der Waals surface area contributed by atoms with Crippen LogP contribution >= 0.6 is 0 Å². The normalized spacial score (nSPS) is 11.6. The molecule has 0 amide bonds. The molecule has 29 heavy (non-hydrogen) atoms. The fourth-order valence-corrected chi connectivity index (χ4v) is 3.57. The van der Waals surface area contributed by atoms with Crippen LogP contribution in [0.25, 0.3) is 34.0 Å². The summed E-state index contributed by atoms with van der Waals surface area (Å²) in [5, 5.41) is 2.31. The number of aromatic nitrogens is 2. The zero-order chi connectivity index (χ0) is 19.5. The number of para-hydroxylation sites is 2. The molecule has 0 radical (unpaired) electrons. The van der Waals surface area contributed by atoms with Gasteiger partial charge in [0.05, 0.1) is 23.8 Å². The lowest BCUT2D eigenvalue weighted by molar-refractivity contribution is 0.303. The van der Waals surface area contributed by atoms with Gasteiger partial charge in [0.2, 0.25) is 0 Å². The van der Waals surface area contributed by atoms with Crippen LogP contribution in [0.1, 0.15) is 11.6 Å². The van der Waals surface area contributed by atoms with Crippen molar-refractivity contribution in [3.8, 4) is 5.75 Å². The Morgan fingerprint density at radius 2 is 1.72 bits per heavy atom. The predicted octanol–water partition coefficient (Wildman–Crippen LogP) is 6.03. The van der Waals surface area contributed by atoms with Gasteiger partial charge in [-0.3, -0.25) is 0 Å². The van der Waals surface area contributed by atoms with Gasteiger partial charge in [-0.1, -0.05) is 48.5 Å². The molecule has 0 N–H and O–H groups in total. The summed E-state index contributed by atoms with van der Waals surface area (Å²) in [7, 11) is 0. The van der Waals surface area contributed by atoms with Crippen LogP contribution in [-0.4, -0.2) is 16.2 Å². The Labute approximate surface area is 168 Å². The molecule has 0 fully saturated rings. The van der Waals surface area contributed by atoms with Crippen molar-refractivity contribution in [3.63, 3.8) is 0 Å². The number of benzene rings is 3. The lowest BCUT2D eigenvalue weighted by Crippen LogP contribution is -2.09. The van der Waals surface area contributed by atoms with Crippen molar-refractivity contribution in [2.24, 2.45) is 0 Å². The van der Waals surface area contributed by atoms with E-state index in [1.165, 1.54) is 5.39 Å². The third kappa shape index (κ3) is 3.52. The molecule has 5 aromatic rings. The Morgan fingerprint density at radius 1 is 0.862 bits per heavy atom. The Bertz CT molecular complexity index is 1280. The van der Waals surface area contributed by atoms with E-state index in [1.54, 1.807) is 6.26 Å². The fourth-order valence-electron chi connectivity index (χ4n) is 3.57. The van der Waals surface area contributed by atoms with Gasteiger partial charge in [0, 0.05) is 5.39 Å². The molecule has 2 heterocycles. The molecule has 0 aliphatic heterocycles. The van der Waals surface area contributed by atoms with Gasteiger partial charge in [0.15, 0.2) is 0 Å². The monoisotopic (exact) mass is 380 g/mol. The Kier molecular flexibility index (Phi) is 4.59. The molecule has 0 aliphatic rings. The standard InChI is InChI=1S/C25H20N2O2/c1-2-10-21-19(7-1)8-5-13-24(21)29-18-16-27-23-12-4-3-11-22(23)26-25(27)15-14-20-9-6-17-28-20/h1-15,17H,16,18H2/b15-14+. The van der Waals surface area contributed by atoms with E-state index in [0.717, 1.165) is 33.8 Å². The number of nitrogens with zero attached hydrogens (tertiary/aromatic N) is 2. The number of hydrogen-bond donors (Lipinski definition) is 0. The van der Waals surface area contributed by atoms with E-state index in [4.69, 9.17) is 14.1 Å². The summed E-state index contributed by atoms with van der Waals surface area (Å²) in [6.07, 6.45) is 5.58. The number of furan rings is 1. The minimum Gasteiger partial charge on any atom is -0.491 e. The van der Waals surface area contributed by atoms with Gasteiger partial charge < -0.3 is 13.7 Å². The van der Waals surface area contributed by atoms with Crippen LogP contribution < -0.4 is 4.74 Å². The molecule has 3 aromatic carbocycles. The zero-order valence-electron chi connectivity index (χ0n) is 15.9. The number of imidazole rings is 1. The van der Waals surface area contributed by atoms with E-state index < -0.39 is 0 Å². The van der Waals surface area contributed by atoms with Crippen molar-refractivity contribution in [1.82, 2.24) is 9.55 Å². The highest BCUT2D eigenvalue weighted by atomic mass is 16.5. The van der Waals surface area contributed by atoms with Crippen LogP contribution in [0.2, 0.25) is 0 Å². The average molecular weight is 380 g/mol. The summed E-state index contributed by atoms with van der Waals surface area (Å²) >= 11 is 0. The molecule has 0 atom stereocenters. The molecule has 4 nitrogen and oxygen atoms in total. The molecule has 2 aromatic heterocycles. The molecule has 0 saturated heterocycles. The predicted molar refractivity (Wildman–Crippen MR) is 117 cm³/mol. The zero-order valence-corrected chi connectivity index (χ0v) is 15.9. The highest BCUT2D eigenvalue weighted by Gasteiger charge is 2.09. The summed E-state index contributed by atoms with van der Waals surface area (Å²) in [5.74, 6) is 2.58. The maximum atomic E-state index is 6.16. The molecule has 4 heteroatoms. The largest absolute Gasteiger partial charge is 0.491 e. The van der Waals surface area contributed by atoms with E-state index in [0.29, 0.717) is 13.2 Å². The highest BCUT2D eigenvalue weighted by Crippen LogP contribution is 2.25. The lowest BCUT2D eigenvalue weighted by Gasteiger charge is -2.11. The number of rotatable bonds is 6. The van der Waals surface area contributed by atoms with Crippen molar-refractivity contribution >= 4 is 34.0 Å². The minimum absolute atomic E-state index is 0.552. The van der Waals surface area contributed by atoms with Crippen molar-refractivity contribution < 1.29 is 9.15 Å². The summed E-state index contributed by atoms with van der Waals surface area (Å²) in [5.41, 5.74) is 2.06. The maximum absolute atomic E-state index is 6.16. The first-order valence-corrected chi connectivity index (χ1v) is 9.66. The Balaban J connectivity index is 1.41. The van der Waals surface area contributed by atoms with Crippen molar-refractivity contribution in [2.45, 2.75) is 6.54 Å². The molecule has 5 rings (SSSR count). The second-order valence-corrected chi connectivity index (χ2v) is 6.78. The van der Waals surface area contributed by atoms with E-state index >= 15 is 0 Å². The van der Waals surface area contributed by atoms with Crippen LogP contribution in [0.3, 0.4) is 0 Å². The van der Waals surface area contributed by atoms with Crippen LogP contribution in [0, 0.1) is 0 Å². The van der Waals surface area contributed by atoms with Gasteiger partial charge in [0.1, 0.15) is 23.9 Å². The van der Waals surface area contributed by atoms with E-state index in [2.05, 4.69) is 28.8 Å². The summed E-state index contributed by atoms with van der Waals surface area (Å²) in [6, 6.07) is 26.4. The van der Waals surface area contributed by atoms with E-state index in [-0.39, 0.29) is 0 Å². The Morgan fingerprint density at radius 3 is 2.66 bits per heavy atom. The van der Waals surface area contributed by atoms with Crippen molar-refractivity contribution in [2.75, 3.05) is 6.61 Å². The maximum Gasteiger partial charge on any atom is 0.134 e. The molecule has 0 saturated carbocycles. The van der Waals surface area contributed by atoms with Crippen molar-refractivity contribution in [3.05, 3.63) is 96.7 Å². The number of ether oxygens (including phenoxy) is 1. The van der Waals surface area contributed by atoms with Gasteiger partial charge in [0.25, 0.3) is 0 Å². The molecular weight excluding hydrogens is 360 g/mol. The average Bonchev–Trinajstić information content (AvgIpc) is 3.40. The first-order valence-electron chi connectivity index (χ1n) is 9.66. The molecule has 0 aliphatic carbocycles. The molecule has 142 valence electrons. The lowest BCUT2D eigenvalue weighted by atomic mass is 10.1.